The van der Waals surface area contributed by atoms with Gasteiger partial charge in [-0.15, -0.1) is 0 Å². The quantitative estimate of drug-likeness (QED) is 0.617. The van der Waals surface area contributed by atoms with E-state index in [1.165, 1.54) is 28.6 Å². The maximum atomic E-state index is 12.8. The topological polar surface area (TPSA) is 105 Å². The molecule has 0 aromatic heterocycles. The van der Waals surface area contributed by atoms with Crippen molar-refractivity contribution in [2.24, 2.45) is 0 Å². The molecule has 0 aliphatic carbocycles. The highest BCUT2D eigenvalue weighted by atomic mass is 32.2. The first-order valence-corrected chi connectivity index (χ1v) is 9.62. The van der Waals surface area contributed by atoms with Gasteiger partial charge in [-0.25, -0.2) is 8.42 Å². The number of non-ortho nitro benzene ring substituents is 1. The molecule has 1 heterocycles. The van der Waals surface area contributed by atoms with Crippen LogP contribution in [0.2, 0.25) is 0 Å². The van der Waals surface area contributed by atoms with Gasteiger partial charge in [-0.1, -0.05) is 0 Å². The first kappa shape index (κ1) is 18.8. The molecule has 0 amide bonds. The Morgan fingerprint density at radius 1 is 0.917 bits per heavy atom. The normalized spacial score (nSPS) is 19.2. The van der Waals surface area contributed by atoms with Gasteiger partial charge in [0.25, 0.3) is 5.69 Å². The summed E-state index contributed by atoms with van der Waals surface area (Å²) in [4.78, 5) is 10.3. The third-order valence-electron chi connectivity index (χ3n) is 3.91. The molecule has 1 aromatic carbocycles. The second-order valence-corrected chi connectivity index (χ2v) is 7.65. The summed E-state index contributed by atoms with van der Waals surface area (Å²) in [5.74, 6) is 0. The molecule has 8 nitrogen and oxygen atoms in total. The van der Waals surface area contributed by atoms with Gasteiger partial charge < -0.3 is 10.6 Å². The summed E-state index contributed by atoms with van der Waals surface area (Å²) >= 11 is 0. The zero-order valence-electron chi connectivity index (χ0n) is 13.6. The predicted octanol–water partition coefficient (Wildman–Crippen LogP) is 0.949. The van der Waals surface area contributed by atoms with E-state index in [1.54, 1.807) is 0 Å². The molecule has 0 spiro atoms. The zero-order valence-corrected chi connectivity index (χ0v) is 14.4. The first-order valence-electron chi connectivity index (χ1n) is 8.18. The second kappa shape index (κ2) is 9.07. The SMILES string of the molecule is O=[N+]([O-])c1ccc(S(=O)(=O)N2CCCNCCCNCCC2)cc1. The van der Waals surface area contributed by atoms with Crippen molar-refractivity contribution >= 4 is 15.7 Å². The third-order valence-corrected chi connectivity index (χ3v) is 5.83. The molecule has 1 aliphatic rings. The van der Waals surface area contributed by atoms with E-state index in [4.69, 9.17) is 0 Å². The Labute approximate surface area is 142 Å². The number of sulfonamides is 1. The lowest BCUT2D eigenvalue weighted by molar-refractivity contribution is -0.384. The Hall–Kier alpha value is -1.55. The Balaban J connectivity index is 2.11. The van der Waals surface area contributed by atoms with Crippen molar-refractivity contribution in [3.8, 4) is 0 Å². The maximum absolute atomic E-state index is 12.8. The Kier molecular flexibility index (Phi) is 7.10. The van der Waals surface area contributed by atoms with Crippen LogP contribution in [0.5, 0.6) is 0 Å². The molecule has 2 N–H and O–H groups in total. The van der Waals surface area contributed by atoms with Crippen LogP contribution >= 0.6 is 0 Å². The van der Waals surface area contributed by atoms with Crippen molar-refractivity contribution in [3.63, 3.8) is 0 Å². The second-order valence-electron chi connectivity index (χ2n) is 5.72. The molecule has 1 saturated heterocycles. The minimum atomic E-state index is -3.64. The molecule has 134 valence electrons. The van der Waals surface area contributed by atoms with E-state index in [-0.39, 0.29) is 10.6 Å². The lowest BCUT2D eigenvalue weighted by Crippen LogP contribution is -2.36. The standard InChI is InChI=1S/C15H24N4O4S/c20-19(21)14-4-6-15(7-5-14)24(22,23)18-12-2-10-16-8-1-9-17-11-3-13-18/h4-7,16-17H,1-3,8-13H2. The highest BCUT2D eigenvalue weighted by Crippen LogP contribution is 2.20. The van der Waals surface area contributed by atoms with Crippen molar-refractivity contribution in [1.29, 1.82) is 0 Å². The van der Waals surface area contributed by atoms with E-state index in [9.17, 15) is 18.5 Å². The number of nitro groups is 1. The van der Waals surface area contributed by atoms with Crippen LogP contribution in [0, 0.1) is 10.1 Å². The van der Waals surface area contributed by atoms with Crippen LogP contribution in [0.25, 0.3) is 0 Å². The molecule has 0 bridgehead atoms. The molecule has 0 saturated carbocycles. The van der Waals surface area contributed by atoms with Gasteiger partial charge in [0.2, 0.25) is 10.0 Å². The summed E-state index contributed by atoms with van der Waals surface area (Å²) in [6.07, 6.45) is 2.53. The van der Waals surface area contributed by atoms with E-state index in [2.05, 4.69) is 10.6 Å². The van der Waals surface area contributed by atoms with Crippen LogP contribution in [-0.2, 0) is 10.0 Å². The van der Waals surface area contributed by atoms with Gasteiger partial charge in [0.05, 0.1) is 9.82 Å². The Bertz CT molecular complexity index is 621. The number of rotatable bonds is 3. The van der Waals surface area contributed by atoms with Gasteiger partial charge in [0, 0.05) is 25.2 Å². The Morgan fingerprint density at radius 3 is 1.92 bits per heavy atom. The average Bonchev–Trinajstić information content (AvgIpc) is 2.55. The van der Waals surface area contributed by atoms with Gasteiger partial charge >= 0.3 is 0 Å². The number of nitro benzene ring substituents is 1. The lowest BCUT2D eigenvalue weighted by Gasteiger charge is -2.23. The van der Waals surface area contributed by atoms with Gasteiger partial charge in [0.1, 0.15) is 0 Å². The molecule has 9 heteroatoms. The van der Waals surface area contributed by atoms with Gasteiger partial charge in [-0.3, -0.25) is 10.1 Å². The van der Waals surface area contributed by atoms with Gasteiger partial charge in [-0.05, 0) is 57.6 Å². The average molecular weight is 356 g/mol. The van der Waals surface area contributed by atoms with Crippen LogP contribution in [0.4, 0.5) is 5.69 Å². The number of nitrogens with one attached hydrogen (secondary N) is 2. The maximum Gasteiger partial charge on any atom is 0.269 e. The molecule has 1 aliphatic heterocycles. The molecule has 0 unspecified atom stereocenters. The smallest absolute Gasteiger partial charge is 0.269 e. The lowest BCUT2D eigenvalue weighted by atomic mass is 10.3. The molecular weight excluding hydrogens is 332 g/mol. The first-order chi connectivity index (χ1) is 11.5. The largest absolute Gasteiger partial charge is 0.317 e. The number of nitrogens with zero attached hydrogens (tertiary/aromatic N) is 2. The van der Waals surface area contributed by atoms with E-state index in [0.29, 0.717) is 13.1 Å². The molecule has 24 heavy (non-hydrogen) atoms. The summed E-state index contributed by atoms with van der Waals surface area (Å²) < 4.78 is 27.1. The van der Waals surface area contributed by atoms with E-state index < -0.39 is 14.9 Å². The van der Waals surface area contributed by atoms with E-state index >= 15 is 0 Å². The van der Waals surface area contributed by atoms with Crippen LogP contribution in [0.1, 0.15) is 19.3 Å². The third kappa shape index (κ3) is 5.23. The molecule has 1 fully saturated rings. The van der Waals surface area contributed by atoms with Crippen LogP contribution < -0.4 is 10.6 Å². The van der Waals surface area contributed by atoms with E-state index in [0.717, 1.165) is 45.4 Å². The van der Waals surface area contributed by atoms with Crippen molar-refractivity contribution in [1.82, 2.24) is 14.9 Å². The summed E-state index contributed by atoms with van der Waals surface area (Å²) in [5.41, 5.74) is -0.115. The van der Waals surface area contributed by atoms with Crippen LogP contribution in [0.15, 0.2) is 29.2 Å². The van der Waals surface area contributed by atoms with E-state index in [1.807, 2.05) is 0 Å². The molecule has 1 aromatic rings. The molecule has 2 rings (SSSR count). The summed E-state index contributed by atoms with van der Waals surface area (Å²) in [6.45, 7) is 4.25. The van der Waals surface area contributed by atoms with Crippen molar-refractivity contribution in [2.75, 3.05) is 39.3 Å². The fourth-order valence-corrected chi connectivity index (χ4v) is 4.11. The Morgan fingerprint density at radius 2 is 1.42 bits per heavy atom. The minimum Gasteiger partial charge on any atom is -0.317 e. The fraction of sp³-hybridized carbons (Fsp3) is 0.600. The minimum absolute atomic E-state index is 0.0983. The molecular formula is C15H24N4O4S. The zero-order chi connectivity index (χ0) is 17.4. The van der Waals surface area contributed by atoms with Gasteiger partial charge in [0.15, 0.2) is 0 Å². The fourth-order valence-electron chi connectivity index (χ4n) is 2.59. The molecule has 0 radical (unpaired) electrons. The number of benzene rings is 1. The summed E-state index contributed by atoms with van der Waals surface area (Å²) in [6, 6.07) is 5.07. The van der Waals surface area contributed by atoms with Crippen molar-refractivity contribution in [3.05, 3.63) is 34.4 Å². The summed E-state index contributed by atoms with van der Waals surface area (Å²) in [7, 11) is -3.64. The molecule has 0 atom stereocenters. The summed E-state index contributed by atoms with van der Waals surface area (Å²) in [5, 5.41) is 17.3. The predicted molar refractivity (Wildman–Crippen MR) is 91.4 cm³/mol. The van der Waals surface area contributed by atoms with Gasteiger partial charge in [-0.2, -0.15) is 4.31 Å². The number of hydrogen-bond acceptors (Lipinski definition) is 6. The van der Waals surface area contributed by atoms with Crippen LogP contribution in [0.3, 0.4) is 0 Å². The van der Waals surface area contributed by atoms with Crippen molar-refractivity contribution < 1.29 is 13.3 Å². The van der Waals surface area contributed by atoms with Crippen molar-refractivity contribution in [2.45, 2.75) is 24.2 Å². The highest BCUT2D eigenvalue weighted by molar-refractivity contribution is 7.89. The van der Waals surface area contributed by atoms with Crippen LogP contribution in [-0.4, -0.2) is 56.9 Å². The highest BCUT2D eigenvalue weighted by Gasteiger charge is 2.24. The number of hydrogen-bond donors (Lipinski definition) is 2. The monoisotopic (exact) mass is 356 g/mol.